The molecule has 278 valence electrons. The minimum atomic E-state index is -0.327. The molecule has 0 spiro atoms. The summed E-state index contributed by atoms with van der Waals surface area (Å²) in [7, 11) is 0. The van der Waals surface area contributed by atoms with Gasteiger partial charge in [0, 0.05) is 48.9 Å². The van der Waals surface area contributed by atoms with Gasteiger partial charge in [0.2, 0.25) is 0 Å². The number of carbonyl (C=O) groups is 3. The smallest absolute Gasteiger partial charge is 0.275 e. The van der Waals surface area contributed by atoms with E-state index in [1.165, 1.54) is 23.1 Å². The Kier molecular flexibility index (Phi) is 12.6. The summed E-state index contributed by atoms with van der Waals surface area (Å²) >= 11 is 8.13. The number of fused-ring (bicyclic) bond motifs is 2. The van der Waals surface area contributed by atoms with Crippen molar-refractivity contribution in [2.24, 2.45) is 0 Å². The second kappa shape index (κ2) is 17.5. The lowest BCUT2D eigenvalue weighted by Crippen LogP contribution is -2.36. The number of allylic oxidation sites excluding steroid dienone is 1. The third-order valence-corrected chi connectivity index (χ3v) is 11.3. The number of amides is 3. The van der Waals surface area contributed by atoms with Gasteiger partial charge in [-0.3, -0.25) is 19.1 Å². The first kappa shape index (κ1) is 38.2. The van der Waals surface area contributed by atoms with Crippen LogP contribution in [-0.4, -0.2) is 63.5 Å². The van der Waals surface area contributed by atoms with Crippen LogP contribution in [0.25, 0.3) is 11.8 Å². The first-order chi connectivity index (χ1) is 25.7. The van der Waals surface area contributed by atoms with E-state index < -0.39 is 0 Å². The zero-order valence-corrected chi connectivity index (χ0v) is 32.7. The molecule has 0 saturated heterocycles. The molecule has 2 aliphatic heterocycles. The summed E-state index contributed by atoms with van der Waals surface area (Å²) in [5.41, 5.74) is 7.55. The van der Waals surface area contributed by atoms with Gasteiger partial charge in [0.05, 0.1) is 22.0 Å². The van der Waals surface area contributed by atoms with Crippen molar-refractivity contribution in [3.63, 3.8) is 0 Å². The van der Waals surface area contributed by atoms with Crippen LogP contribution in [0.4, 0.5) is 5.69 Å². The maximum absolute atomic E-state index is 14.5. The molecule has 0 fully saturated rings. The largest absolute Gasteiger partial charge is 0.384 e. The molecule has 3 aromatic carbocycles. The van der Waals surface area contributed by atoms with E-state index in [1.807, 2.05) is 28.0 Å². The van der Waals surface area contributed by atoms with Crippen LogP contribution in [-0.2, 0) is 19.4 Å². The van der Waals surface area contributed by atoms with Crippen LogP contribution in [0.1, 0.15) is 112 Å². The Morgan fingerprint density at radius 1 is 0.981 bits per heavy atom. The standard InChI is InChI=1S/C42H49ClN6O3S/c1-5-8-13-31-24-30-18-20-44-35(30)26-37(31)53-46-40(50)32-16-17-36(34(25-32)41(51)48-23-19-29-14-11-12-15-33(29)27-48)49-28(4)38(43)39(45-49)42(52)47(21-9-6-2)22-10-7-3/h8,11-17,24-26,44H,5-7,9-10,18-23,27H2,1-4H3,(H,46,50)/b13-8+. The number of benzene rings is 3. The van der Waals surface area contributed by atoms with Crippen molar-refractivity contribution >= 4 is 53.0 Å². The summed E-state index contributed by atoms with van der Waals surface area (Å²) in [5, 5.41) is 8.45. The number of aromatic nitrogens is 2. The Morgan fingerprint density at radius 2 is 1.74 bits per heavy atom. The van der Waals surface area contributed by atoms with Crippen LogP contribution in [0.5, 0.6) is 0 Å². The number of hydrogen-bond donors (Lipinski definition) is 2. The minimum Gasteiger partial charge on any atom is -0.384 e. The Morgan fingerprint density at radius 3 is 2.47 bits per heavy atom. The number of unbranched alkanes of at least 4 members (excludes halogenated alkanes) is 2. The van der Waals surface area contributed by atoms with E-state index in [0.29, 0.717) is 48.7 Å². The normalized spacial score (nSPS) is 13.5. The molecule has 0 aliphatic carbocycles. The van der Waals surface area contributed by atoms with E-state index >= 15 is 0 Å². The number of hydrogen-bond acceptors (Lipinski definition) is 6. The Labute approximate surface area is 322 Å². The van der Waals surface area contributed by atoms with Gasteiger partial charge in [-0.05, 0) is 104 Å². The van der Waals surface area contributed by atoms with Crippen molar-refractivity contribution in [2.45, 2.75) is 84.1 Å². The lowest BCUT2D eigenvalue weighted by molar-refractivity contribution is 0.0732. The highest BCUT2D eigenvalue weighted by Crippen LogP contribution is 2.33. The molecule has 1 aromatic heterocycles. The summed E-state index contributed by atoms with van der Waals surface area (Å²) in [6, 6.07) is 17.5. The van der Waals surface area contributed by atoms with E-state index in [0.717, 1.165) is 73.2 Å². The highest BCUT2D eigenvalue weighted by Gasteiger charge is 2.29. The topological polar surface area (TPSA) is 99.6 Å². The van der Waals surface area contributed by atoms with Gasteiger partial charge >= 0.3 is 0 Å². The monoisotopic (exact) mass is 752 g/mol. The van der Waals surface area contributed by atoms with Gasteiger partial charge in [-0.25, -0.2) is 4.68 Å². The molecule has 0 bridgehead atoms. The zero-order chi connectivity index (χ0) is 37.5. The molecule has 6 rings (SSSR count). The number of nitrogens with zero attached hydrogens (tertiary/aromatic N) is 4. The fourth-order valence-corrected chi connectivity index (χ4v) is 7.80. The van der Waals surface area contributed by atoms with E-state index in [9.17, 15) is 14.4 Å². The molecule has 0 saturated carbocycles. The lowest BCUT2D eigenvalue weighted by atomic mass is 9.98. The Balaban J connectivity index is 1.34. The van der Waals surface area contributed by atoms with E-state index in [4.69, 9.17) is 16.7 Å². The molecule has 53 heavy (non-hydrogen) atoms. The first-order valence-electron chi connectivity index (χ1n) is 18.8. The third kappa shape index (κ3) is 8.49. The van der Waals surface area contributed by atoms with Gasteiger partial charge in [0.15, 0.2) is 5.69 Å². The summed E-state index contributed by atoms with van der Waals surface area (Å²) in [4.78, 5) is 46.8. The molecule has 11 heteroatoms. The summed E-state index contributed by atoms with van der Waals surface area (Å²) < 4.78 is 4.61. The van der Waals surface area contributed by atoms with E-state index in [2.05, 4.69) is 61.2 Å². The van der Waals surface area contributed by atoms with Gasteiger partial charge in [0.1, 0.15) is 0 Å². The molecule has 0 atom stereocenters. The van der Waals surface area contributed by atoms with Crippen molar-refractivity contribution in [1.82, 2.24) is 24.3 Å². The SMILES string of the molecule is CC/C=C/c1cc2c(cc1SNC(=O)c1ccc(-n3nc(C(=O)N(CCCC)CCCC)c(Cl)c3C)c(C(=O)N3CCc4ccccc4C3)c1)NCC2. The third-order valence-electron chi connectivity index (χ3n) is 9.96. The van der Waals surface area contributed by atoms with E-state index in [-0.39, 0.29) is 28.4 Å². The average Bonchev–Trinajstić information content (AvgIpc) is 3.77. The average molecular weight is 753 g/mol. The molecule has 3 heterocycles. The van der Waals surface area contributed by atoms with Crippen molar-refractivity contribution in [3.05, 3.63) is 110 Å². The molecule has 2 aliphatic rings. The molecule has 3 amide bonds. The number of halogens is 1. The van der Waals surface area contributed by atoms with Gasteiger partial charge in [0.25, 0.3) is 17.7 Å². The molecule has 2 N–H and O–H groups in total. The minimum absolute atomic E-state index is 0.164. The number of nitrogens with one attached hydrogen (secondary N) is 2. The summed E-state index contributed by atoms with van der Waals surface area (Å²) in [5.74, 6) is -0.769. The highest BCUT2D eigenvalue weighted by molar-refractivity contribution is 7.98. The molecule has 0 unspecified atom stereocenters. The first-order valence-corrected chi connectivity index (χ1v) is 20.0. The fraction of sp³-hybridized carbons (Fsp3) is 0.381. The van der Waals surface area contributed by atoms with Crippen molar-refractivity contribution in [2.75, 3.05) is 31.5 Å². The number of rotatable bonds is 14. The number of carbonyl (C=O) groups excluding carboxylic acids is 3. The van der Waals surface area contributed by atoms with Crippen molar-refractivity contribution < 1.29 is 14.4 Å². The predicted octanol–water partition coefficient (Wildman–Crippen LogP) is 8.90. The van der Waals surface area contributed by atoms with Gasteiger partial charge in [-0.2, -0.15) is 5.10 Å². The molecule has 4 aromatic rings. The van der Waals surface area contributed by atoms with Crippen LogP contribution in [0, 0.1) is 6.92 Å². The second-order valence-corrected chi connectivity index (χ2v) is 14.9. The Hall–Kier alpha value is -4.54. The quantitative estimate of drug-likeness (QED) is 0.125. The van der Waals surface area contributed by atoms with Crippen LogP contribution in [0.2, 0.25) is 5.02 Å². The molecular formula is C42H49ClN6O3S. The van der Waals surface area contributed by atoms with Gasteiger partial charge in [-0.15, -0.1) is 0 Å². The van der Waals surface area contributed by atoms with Crippen LogP contribution in [0.3, 0.4) is 0 Å². The van der Waals surface area contributed by atoms with E-state index in [1.54, 1.807) is 29.8 Å². The van der Waals surface area contributed by atoms with Crippen LogP contribution >= 0.6 is 23.5 Å². The maximum atomic E-state index is 14.5. The predicted molar refractivity (Wildman–Crippen MR) is 215 cm³/mol. The van der Waals surface area contributed by atoms with Crippen molar-refractivity contribution in [3.8, 4) is 5.69 Å². The highest BCUT2D eigenvalue weighted by atomic mass is 35.5. The van der Waals surface area contributed by atoms with Crippen LogP contribution in [0.15, 0.2) is 65.6 Å². The van der Waals surface area contributed by atoms with Gasteiger partial charge < -0.3 is 15.1 Å². The second-order valence-electron chi connectivity index (χ2n) is 13.7. The molecular weight excluding hydrogens is 704 g/mol. The summed E-state index contributed by atoms with van der Waals surface area (Å²) in [6.45, 7) is 11.2. The van der Waals surface area contributed by atoms with Gasteiger partial charge in [-0.1, -0.05) is 81.6 Å². The molecule has 9 nitrogen and oxygen atoms in total. The molecule has 0 radical (unpaired) electrons. The summed E-state index contributed by atoms with van der Waals surface area (Å²) in [6.07, 6.45) is 10.5. The Bertz CT molecular complexity index is 2020. The zero-order valence-electron chi connectivity index (χ0n) is 31.1. The fourth-order valence-electron chi connectivity index (χ4n) is 6.86. The number of anilines is 1. The van der Waals surface area contributed by atoms with Crippen molar-refractivity contribution in [1.29, 1.82) is 0 Å². The maximum Gasteiger partial charge on any atom is 0.275 e. The lowest BCUT2D eigenvalue weighted by Gasteiger charge is -2.29. The van der Waals surface area contributed by atoms with Crippen LogP contribution < -0.4 is 10.0 Å².